The molecule has 0 spiro atoms. The average Bonchev–Trinajstić information content (AvgIpc) is 3.49. The van der Waals surface area contributed by atoms with Gasteiger partial charge in [-0.15, -0.1) is 0 Å². The van der Waals surface area contributed by atoms with Crippen LogP contribution in [0.4, 0.5) is 5.69 Å². The summed E-state index contributed by atoms with van der Waals surface area (Å²) in [6, 6.07) is 21.9. The minimum atomic E-state index is 0.0763. The number of aromatic amines is 1. The van der Waals surface area contributed by atoms with Gasteiger partial charge in [0.05, 0.1) is 22.9 Å². The monoisotopic (exact) mass is 527 g/mol. The number of aromatic nitrogens is 1. The lowest BCUT2D eigenvalue weighted by molar-refractivity contribution is 0.132. The summed E-state index contributed by atoms with van der Waals surface area (Å²) < 4.78 is 5.23. The molecule has 194 valence electrons. The first-order chi connectivity index (χ1) is 18.6. The summed E-state index contributed by atoms with van der Waals surface area (Å²) in [5.41, 5.74) is 4.10. The largest absolute Gasteiger partial charge is 0.494 e. The maximum atomic E-state index is 11.2. The van der Waals surface area contributed by atoms with Crippen molar-refractivity contribution in [1.29, 1.82) is 0 Å². The van der Waals surface area contributed by atoms with Gasteiger partial charge in [-0.1, -0.05) is 35.9 Å². The summed E-state index contributed by atoms with van der Waals surface area (Å²) in [5, 5.41) is 18.0. The van der Waals surface area contributed by atoms with Gasteiger partial charge in [-0.3, -0.25) is 0 Å². The van der Waals surface area contributed by atoms with Crippen LogP contribution in [0.5, 0.6) is 5.88 Å². The molecular weight excluding hydrogens is 498 g/mol. The minimum absolute atomic E-state index is 0.0763. The number of nitrogens with one attached hydrogen (secondary N) is 2. The third kappa shape index (κ3) is 4.92. The van der Waals surface area contributed by atoms with E-state index < -0.39 is 0 Å². The Hall–Kier alpha value is -3.65. The molecule has 1 saturated heterocycles. The zero-order valence-corrected chi connectivity index (χ0v) is 22.0. The number of rotatable bonds is 7. The van der Waals surface area contributed by atoms with Crippen molar-refractivity contribution < 1.29 is 9.84 Å². The number of fused-ring (bicyclic) bond motifs is 2. The van der Waals surface area contributed by atoms with Crippen LogP contribution in [-0.2, 0) is 4.74 Å². The second kappa shape index (κ2) is 10.6. The number of aromatic hydroxyl groups is 1. The molecule has 6 rings (SSSR count). The van der Waals surface area contributed by atoms with Crippen molar-refractivity contribution in [2.45, 2.75) is 18.9 Å². The van der Waals surface area contributed by atoms with Gasteiger partial charge >= 0.3 is 0 Å². The van der Waals surface area contributed by atoms with Gasteiger partial charge < -0.3 is 25.0 Å². The van der Waals surface area contributed by atoms with E-state index in [4.69, 9.17) is 26.3 Å². The lowest BCUT2D eigenvalue weighted by Gasteiger charge is -2.32. The molecule has 2 aliphatic heterocycles. The highest BCUT2D eigenvalue weighted by molar-refractivity contribution is 6.30. The van der Waals surface area contributed by atoms with Gasteiger partial charge in [-0.05, 0) is 60.9 Å². The molecule has 38 heavy (non-hydrogen) atoms. The number of likely N-dealkylation sites (tertiary alicyclic amines) is 1. The standard InChI is InChI=1S/C30H30ClN5O2/c1-38-16-15-36-13-11-21(12-14-36)32-22-9-10-24-23(18-22)28(30(37)35-24)27(19-5-4-6-20(31)17-19)29-33-25-7-2-3-8-26(25)34-29/h2-10,17-18,21,32,35,37H,11-16H2,1H3. The van der Waals surface area contributed by atoms with E-state index in [1.807, 2.05) is 54.6 Å². The lowest BCUT2D eigenvalue weighted by Crippen LogP contribution is -2.40. The van der Waals surface area contributed by atoms with Crippen molar-refractivity contribution >= 4 is 33.8 Å². The van der Waals surface area contributed by atoms with Gasteiger partial charge in [-0.25, -0.2) is 9.98 Å². The Kier molecular flexibility index (Phi) is 6.89. The first-order valence-corrected chi connectivity index (χ1v) is 13.3. The second-order valence-electron chi connectivity index (χ2n) is 9.78. The number of para-hydroxylation sites is 2. The van der Waals surface area contributed by atoms with Crippen molar-refractivity contribution in [3.05, 3.63) is 99.4 Å². The van der Waals surface area contributed by atoms with Crippen molar-refractivity contribution in [3.63, 3.8) is 0 Å². The van der Waals surface area contributed by atoms with E-state index in [1.54, 1.807) is 7.11 Å². The van der Waals surface area contributed by atoms with Crippen LogP contribution in [0.25, 0.3) is 16.5 Å². The van der Waals surface area contributed by atoms with Crippen LogP contribution in [0.1, 0.15) is 24.0 Å². The first kappa shape index (κ1) is 24.7. The quantitative estimate of drug-likeness (QED) is 0.325. The summed E-state index contributed by atoms with van der Waals surface area (Å²) in [6.07, 6.45) is 2.14. The van der Waals surface area contributed by atoms with Gasteiger partial charge in [0, 0.05) is 60.0 Å². The Labute approximate surface area is 226 Å². The molecular formula is C30H30ClN5O2. The van der Waals surface area contributed by atoms with E-state index >= 15 is 0 Å². The molecule has 1 aromatic heterocycles. The van der Waals surface area contributed by atoms with E-state index in [0.29, 0.717) is 22.4 Å². The number of halogens is 1. The summed E-state index contributed by atoms with van der Waals surface area (Å²) in [6.45, 7) is 3.84. The molecule has 7 nitrogen and oxygen atoms in total. The molecule has 0 saturated carbocycles. The zero-order chi connectivity index (χ0) is 26.1. The van der Waals surface area contributed by atoms with Gasteiger partial charge in [0.1, 0.15) is 0 Å². The van der Waals surface area contributed by atoms with Crippen LogP contribution >= 0.6 is 11.6 Å². The number of benzene rings is 3. The van der Waals surface area contributed by atoms with Gasteiger partial charge in [0.15, 0.2) is 11.7 Å². The molecule has 3 aromatic carbocycles. The van der Waals surface area contributed by atoms with Crippen LogP contribution in [0.2, 0.25) is 5.02 Å². The average molecular weight is 528 g/mol. The maximum absolute atomic E-state index is 11.2. The molecule has 0 unspecified atom stereocenters. The highest BCUT2D eigenvalue weighted by Gasteiger charge is 2.24. The number of H-pyrrole nitrogens is 1. The number of piperidine rings is 1. The molecule has 0 atom stereocenters. The predicted molar refractivity (Wildman–Crippen MR) is 151 cm³/mol. The van der Waals surface area contributed by atoms with Gasteiger partial charge in [-0.2, -0.15) is 0 Å². The van der Waals surface area contributed by atoms with Crippen LogP contribution < -0.4 is 16.0 Å². The Morgan fingerprint density at radius 3 is 2.53 bits per heavy atom. The molecule has 8 heteroatoms. The number of hydrogen-bond acceptors (Lipinski definition) is 6. The Morgan fingerprint density at radius 1 is 1.05 bits per heavy atom. The number of anilines is 1. The molecule has 0 radical (unpaired) electrons. The third-order valence-corrected chi connectivity index (χ3v) is 7.51. The SMILES string of the molecule is COCCN1CCC(Nc2ccc3[nH]c(O)c(C(=C4N=c5ccccc5=N4)c4cccc(Cl)c4)c3c2)CC1. The van der Waals surface area contributed by atoms with Gasteiger partial charge in [0.25, 0.3) is 0 Å². The Morgan fingerprint density at radius 2 is 1.82 bits per heavy atom. The highest BCUT2D eigenvalue weighted by atomic mass is 35.5. The zero-order valence-electron chi connectivity index (χ0n) is 21.2. The van der Waals surface area contributed by atoms with E-state index in [1.165, 1.54) is 0 Å². The summed E-state index contributed by atoms with van der Waals surface area (Å²) >= 11 is 6.40. The number of methoxy groups -OCH3 is 1. The first-order valence-electron chi connectivity index (χ1n) is 12.9. The fourth-order valence-electron chi connectivity index (χ4n) is 5.33. The van der Waals surface area contributed by atoms with Crippen molar-refractivity contribution in [1.82, 2.24) is 9.88 Å². The second-order valence-corrected chi connectivity index (χ2v) is 10.2. The molecule has 0 aliphatic carbocycles. The Balaban J connectivity index is 1.40. The molecule has 2 aliphatic rings. The Bertz CT molecular complexity index is 1600. The normalized spacial score (nSPS) is 15.8. The molecule has 3 N–H and O–H groups in total. The molecule has 3 heterocycles. The summed E-state index contributed by atoms with van der Waals surface area (Å²) in [4.78, 5) is 15.2. The fourth-order valence-corrected chi connectivity index (χ4v) is 5.52. The van der Waals surface area contributed by atoms with E-state index in [0.717, 1.165) is 77.5 Å². The maximum Gasteiger partial charge on any atom is 0.197 e. The number of ether oxygens (including phenoxy) is 1. The molecule has 0 amide bonds. The number of hydrogen-bond donors (Lipinski definition) is 3. The van der Waals surface area contributed by atoms with Crippen molar-refractivity contribution in [2.24, 2.45) is 9.98 Å². The predicted octanol–water partition coefficient (Wildman–Crippen LogP) is 4.72. The molecule has 0 bridgehead atoms. The molecule has 4 aromatic rings. The fraction of sp³-hybridized carbons (Fsp3) is 0.267. The van der Waals surface area contributed by atoms with E-state index in [9.17, 15) is 5.11 Å². The number of nitrogens with zero attached hydrogens (tertiary/aromatic N) is 3. The van der Waals surface area contributed by atoms with Crippen molar-refractivity contribution in [2.75, 3.05) is 38.7 Å². The lowest BCUT2D eigenvalue weighted by atomic mass is 9.96. The smallest absolute Gasteiger partial charge is 0.197 e. The molecule has 1 fully saturated rings. The minimum Gasteiger partial charge on any atom is -0.494 e. The summed E-state index contributed by atoms with van der Waals surface area (Å²) in [7, 11) is 1.75. The van der Waals surface area contributed by atoms with Crippen LogP contribution in [0, 0.1) is 0 Å². The van der Waals surface area contributed by atoms with Gasteiger partial charge in [0.2, 0.25) is 0 Å². The van der Waals surface area contributed by atoms with E-state index in [-0.39, 0.29) is 5.88 Å². The summed E-state index contributed by atoms with van der Waals surface area (Å²) in [5.74, 6) is 0.624. The van der Waals surface area contributed by atoms with Crippen LogP contribution in [0.15, 0.2) is 82.5 Å². The third-order valence-electron chi connectivity index (χ3n) is 7.27. The van der Waals surface area contributed by atoms with Crippen LogP contribution in [0.3, 0.4) is 0 Å². The van der Waals surface area contributed by atoms with Crippen molar-refractivity contribution in [3.8, 4) is 5.88 Å². The highest BCUT2D eigenvalue weighted by Crippen LogP contribution is 2.40. The van der Waals surface area contributed by atoms with Crippen LogP contribution in [-0.4, -0.2) is 54.4 Å². The topological polar surface area (TPSA) is 85.2 Å². The van der Waals surface area contributed by atoms with E-state index in [2.05, 4.69) is 27.3 Å².